The lowest BCUT2D eigenvalue weighted by molar-refractivity contribution is 1.35. The van der Waals surface area contributed by atoms with Crippen LogP contribution in [0.5, 0.6) is 0 Å². The molecule has 1 heteroatoms. The zero-order chi connectivity index (χ0) is 12.7. The van der Waals surface area contributed by atoms with Gasteiger partial charge in [-0.1, -0.05) is 59.1 Å². The number of aliphatic imine (C=N–C) groups is 1. The maximum absolute atomic E-state index is 3.82. The van der Waals surface area contributed by atoms with Crippen LogP contribution in [0.2, 0.25) is 0 Å². The topological polar surface area (TPSA) is 12.4 Å². The number of hydrogen-bond acceptors (Lipinski definition) is 1. The molecule has 0 unspecified atom stereocenters. The monoisotopic (exact) mass is 207 g/mol. The van der Waals surface area contributed by atoms with Crippen LogP contribution in [0.3, 0.4) is 0 Å². The molecule has 0 bridgehead atoms. The Morgan fingerprint density at radius 2 is 1.53 bits per heavy atom. The van der Waals surface area contributed by atoms with Crippen LogP contribution in [-0.4, -0.2) is 6.72 Å². The molecule has 0 fully saturated rings. The summed E-state index contributed by atoms with van der Waals surface area (Å²) in [5, 5.41) is 0. The SMILES string of the molecule is C=C/C=C(N=C)\C(C=C)=C/C.CC.CC. The van der Waals surface area contributed by atoms with E-state index in [1.807, 2.05) is 40.7 Å². The van der Waals surface area contributed by atoms with Crippen LogP contribution in [-0.2, 0) is 0 Å². The maximum Gasteiger partial charge on any atom is 0.0690 e. The van der Waals surface area contributed by atoms with Crippen molar-refractivity contribution in [1.82, 2.24) is 0 Å². The first-order chi connectivity index (χ1) is 7.29. The quantitative estimate of drug-likeness (QED) is 0.457. The highest BCUT2D eigenvalue weighted by molar-refractivity contribution is 5.44. The van der Waals surface area contributed by atoms with Gasteiger partial charge in [0.2, 0.25) is 0 Å². The molecule has 0 N–H and O–H groups in total. The van der Waals surface area contributed by atoms with E-state index in [0.717, 1.165) is 11.3 Å². The molecule has 0 aromatic carbocycles. The predicted octanol–water partition coefficient (Wildman–Crippen LogP) is 4.94. The predicted molar refractivity (Wildman–Crippen MR) is 74.5 cm³/mol. The molecule has 0 aliphatic heterocycles. The fourth-order valence-electron chi connectivity index (χ4n) is 0.722. The minimum Gasteiger partial charge on any atom is -0.264 e. The van der Waals surface area contributed by atoms with E-state index in [1.54, 1.807) is 18.2 Å². The van der Waals surface area contributed by atoms with Gasteiger partial charge in [-0.25, -0.2) is 0 Å². The van der Waals surface area contributed by atoms with Crippen LogP contribution < -0.4 is 0 Å². The summed E-state index contributed by atoms with van der Waals surface area (Å²) >= 11 is 0. The number of allylic oxidation sites excluding steroid dienone is 4. The van der Waals surface area contributed by atoms with Gasteiger partial charge in [0.15, 0.2) is 0 Å². The van der Waals surface area contributed by atoms with E-state index in [0.29, 0.717) is 0 Å². The largest absolute Gasteiger partial charge is 0.264 e. The zero-order valence-electron chi connectivity index (χ0n) is 10.9. The molecule has 0 spiro atoms. The molecule has 0 saturated carbocycles. The van der Waals surface area contributed by atoms with Crippen LogP contribution in [0.1, 0.15) is 34.6 Å². The van der Waals surface area contributed by atoms with E-state index < -0.39 is 0 Å². The van der Waals surface area contributed by atoms with Crippen molar-refractivity contribution in [1.29, 1.82) is 0 Å². The van der Waals surface area contributed by atoms with E-state index >= 15 is 0 Å². The maximum atomic E-state index is 3.82. The van der Waals surface area contributed by atoms with Gasteiger partial charge in [-0.2, -0.15) is 0 Å². The lowest BCUT2D eigenvalue weighted by atomic mass is 10.2. The van der Waals surface area contributed by atoms with Crippen molar-refractivity contribution in [2.45, 2.75) is 34.6 Å². The highest BCUT2D eigenvalue weighted by Gasteiger charge is 1.93. The standard InChI is InChI=1S/C10H13N.2C2H6/c1-5-8-10(11-4)9(6-2)7-3;2*1-2/h5-8H,1-2,4H2,3H3;2*1-2H3/b9-7-,10-8+;;. The normalized spacial score (nSPS) is 9.93. The number of nitrogens with zero attached hydrogens (tertiary/aromatic N) is 1. The molecular weight excluding hydrogens is 182 g/mol. The molecule has 0 radical (unpaired) electrons. The van der Waals surface area contributed by atoms with Gasteiger partial charge in [-0.05, 0) is 25.3 Å². The average Bonchev–Trinajstić information content (AvgIpc) is 2.34. The van der Waals surface area contributed by atoms with Crippen molar-refractivity contribution in [3.8, 4) is 0 Å². The second-order valence-corrected chi connectivity index (χ2v) is 1.89. The Hall–Kier alpha value is -1.37. The molecule has 0 aliphatic rings. The smallest absolute Gasteiger partial charge is 0.0690 e. The summed E-state index contributed by atoms with van der Waals surface area (Å²) in [5.41, 5.74) is 1.78. The summed E-state index contributed by atoms with van der Waals surface area (Å²) in [7, 11) is 0. The third-order valence-electron chi connectivity index (χ3n) is 1.27. The lowest BCUT2D eigenvalue weighted by Crippen LogP contribution is -1.80. The summed E-state index contributed by atoms with van der Waals surface area (Å²) < 4.78 is 0. The van der Waals surface area contributed by atoms with Crippen LogP contribution in [0.4, 0.5) is 0 Å². The third kappa shape index (κ3) is 10.6. The molecule has 0 aromatic heterocycles. The second-order valence-electron chi connectivity index (χ2n) is 1.89. The van der Waals surface area contributed by atoms with Crippen LogP contribution in [0, 0.1) is 0 Å². The van der Waals surface area contributed by atoms with Gasteiger partial charge in [0.05, 0.1) is 5.70 Å². The summed E-state index contributed by atoms with van der Waals surface area (Å²) in [6, 6.07) is 0. The van der Waals surface area contributed by atoms with Gasteiger partial charge < -0.3 is 0 Å². The first-order valence-electron chi connectivity index (χ1n) is 5.38. The Kier molecular flexibility index (Phi) is 23.6. The van der Waals surface area contributed by atoms with E-state index in [4.69, 9.17) is 0 Å². The molecule has 0 rings (SSSR count). The van der Waals surface area contributed by atoms with Gasteiger partial charge in [-0.3, -0.25) is 4.99 Å². The Labute approximate surface area is 95.6 Å². The van der Waals surface area contributed by atoms with E-state index in [-0.39, 0.29) is 0 Å². The van der Waals surface area contributed by atoms with Crippen molar-refractivity contribution in [2.75, 3.05) is 0 Å². The Morgan fingerprint density at radius 1 is 1.07 bits per heavy atom. The van der Waals surface area contributed by atoms with Crippen LogP contribution in [0.15, 0.2) is 53.7 Å². The molecular formula is C14H25N. The van der Waals surface area contributed by atoms with Crippen molar-refractivity contribution in [3.05, 3.63) is 48.7 Å². The molecule has 0 amide bonds. The van der Waals surface area contributed by atoms with Crippen molar-refractivity contribution >= 4 is 6.72 Å². The lowest BCUT2D eigenvalue weighted by Gasteiger charge is -1.98. The highest BCUT2D eigenvalue weighted by atomic mass is 14.7. The van der Waals surface area contributed by atoms with Gasteiger partial charge in [0, 0.05) is 0 Å². The van der Waals surface area contributed by atoms with Gasteiger partial charge in [0.25, 0.3) is 0 Å². The van der Waals surface area contributed by atoms with Gasteiger partial charge in [0.1, 0.15) is 0 Å². The summed E-state index contributed by atoms with van der Waals surface area (Å²) in [4.78, 5) is 3.82. The minimum absolute atomic E-state index is 0.803. The van der Waals surface area contributed by atoms with Crippen molar-refractivity contribution < 1.29 is 0 Å². The van der Waals surface area contributed by atoms with Crippen LogP contribution >= 0.6 is 0 Å². The van der Waals surface area contributed by atoms with Gasteiger partial charge in [-0.15, -0.1) is 0 Å². The second kappa shape index (κ2) is 18.4. The molecule has 0 aromatic rings. The van der Waals surface area contributed by atoms with Crippen molar-refractivity contribution in [2.24, 2.45) is 4.99 Å². The molecule has 0 atom stereocenters. The molecule has 0 heterocycles. The van der Waals surface area contributed by atoms with E-state index in [1.165, 1.54) is 0 Å². The highest BCUT2D eigenvalue weighted by Crippen LogP contribution is 2.11. The fourth-order valence-corrected chi connectivity index (χ4v) is 0.722. The average molecular weight is 207 g/mol. The Bertz CT molecular complexity index is 219. The molecule has 86 valence electrons. The fraction of sp³-hybridized carbons (Fsp3) is 0.357. The molecule has 15 heavy (non-hydrogen) atoms. The Balaban J connectivity index is -0.000000318. The number of hydrogen-bond donors (Lipinski definition) is 0. The van der Waals surface area contributed by atoms with E-state index in [9.17, 15) is 0 Å². The summed E-state index contributed by atoms with van der Waals surface area (Å²) in [6.07, 6.45) is 7.14. The summed E-state index contributed by atoms with van der Waals surface area (Å²) in [5.74, 6) is 0. The summed E-state index contributed by atoms with van der Waals surface area (Å²) in [6.45, 7) is 20.6. The molecule has 0 saturated heterocycles. The number of rotatable bonds is 4. The Morgan fingerprint density at radius 3 is 1.73 bits per heavy atom. The van der Waals surface area contributed by atoms with E-state index in [2.05, 4.69) is 24.9 Å². The first kappa shape index (κ1) is 19.2. The molecule has 0 aliphatic carbocycles. The zero-order valence-corrected chi connectivity index (χ0v) is 10.9. The van der Waals surface area contributed by atoms with Crippen molar-refractivity contribution in [3.63, 3.8) is 0 Å². The third-order valence-corrected chi connectivity index (χ3v) is 1.27. The first-order valence-corrected chi connectivity index (χ1v) is 5.38. The minimum atomic E-state index is 0.803. The van der Waals surface area contributed by atoms with Crippen LogP contribution in [0.25, 0.3) is 0 Å². The van der Waals surface area contributed by atoms with Gasteiger partial charge >= 0.3 is 0 Å². The molecule has 1 nitrogen and oxygen atoms in total.